The smallest absolute Gasteiger partial charge is 0.333 e. The number of aldehydes is 1. The Morgan fingerprint density at radius 3 is 2.38 bits per heavy atom. The number of allylic oxidation sites excluding steroid dienone is 2. The predicted octanol–water partition coefficient (Wildman–Crippen LogP) is 6.04. The second-order valence-corrected chi connectivity index (χ2v) is 10.5. The van der Waals surface area contributed by atoms with Gasteiger partial charge in [0.15, 0.2) is 12.1 Å². The molecule has 40 heavy (non-hydrogen) atoms. The zero-order valence-electron chi connectivity index (χ0n) is 23.2. The molecule has 0 radical (unpaired) electrons. The molecule has 2 aromatic carbocycles. The number of carbonyl (C=O) groups excluding carboxylic acids is 3. The number of aromatic nitrogens is 1. The van der Waals surface area contributed by atoms with Gasteiger partial charge in [-0.15, -0.1) is 11.3 Å². The van der Waals surface area contributed by atoms with Crippen LogP contribution in [0, 0.1) is 5.92 Å². The Kier molecular flexibility index (Phi) is 12.0. The largest absolute Gasteiger partial charge is 0.489 e. The zero-order chi connectivity index (χ0) is 28.9. The van der Waals surface area contributed by atoms with Crippen LogP contribution in [0.1, 0.15) is 61.5 Å². The van der Waals surface area contributed by atoms with Crippen LogP contribution < -0.4 is 10.5 Å². The molecule has 1 aliphatic rings. The zero-order valence-corrected chi connectivity index (χ0v) is 24.0. The number of ether oxygens (including phenoxy) is 2. The van der Waals surface area contributed by atoms with Gasteiger partial charge in [0, 0.05) is 16.9 Å². The van der Waals surface area contributed by atoms with Crippen LogP contribution in [-0.4, -0.2) is 29.6 Å². The fourth-order valence-electron chi connectivity index (χ4n) is 3.73. The Hall–Kier alpha value is -3.88. The molecule has 210 valence electrons. The Morgan fingerprint density at radius 1 is 1.07 bits per heavy atom. The summed E-state index contributed by atoms with van der Waals surface area (Å²) in [5.41, 5.74) is 11.0. The summed E-state index contributed by atoms with van der Waals surface area (Å²) in [4.78, 5) is 36.3. The van der Waals surface area contributed by atoms with E-state index >= 15 is 0 Å². The SMILES string of the molecule is CCOC(=O)/C(C)=C\C(C)=C\c1csc(C(N)Cc2ccc(OCc3ccccc3)cc2)n1.O=CC(=O)C1CC1. The minimum absolute atomic E-state index is 0.109. The van der Waals surface area contributed by atoms with Crippen molar-refractivity contribution >= 4 is 35.5 Å². The summed E-state index contributed by atoms with van der Waals surface area (Å²) in [7, 11) is 0. The molecule has 1 saturated carbocycles. The van der Waals surface area contributed by atoms with Crippen LogP contribution in [-0.2, 0) is 32.1 Å². The second-order valence-electron chi connectivity index (χ2n) is 9.57. The molecule has 1 unspecified atom stereocenters. The summed E-state index contributed by atoms with van der Waals surface area (Å²) in [6.45, 7) is 6.38. The highest BCUT2D eigenvalue weighted by atomic mass is 32.1. The second kappa shape index (κ2) is 15.6. The van der Waals surface area contributed by atoms with Crippen LogP contribution in [0.25, 0.3) is 6.08 Å². The molecule has 0 aliphatic heterocycles. The minimum Gasteiger partial charge on any atom is -0.489 e. The lowest BCUT2D eigenvalue weighted by molar-refractivity contribution is -0.138. The van der Waals surface area contributed by atoms with Gasteiger partial charge in [0.2, 0.25) is 0 Å². The average molecular weight is 561 g/mol. The maximum atomic E-state index is 11.8. The molecule has 1 atom stereocenters. The van der Waals surface area contributed by atoms with E-state index in [1.165, 1.54) is 0 Å². The summed E-state index contributed by atoms with van der Waals surface area (Å²) in [6.07, 6.45) is 6.70. The number of rotatable bonds is 12. The molecule has 1 aromatic heterocycles. The summed E-state index contributed by atoms with van der Waals surface area (Å²) in [6, 6.07) is 17.9. The standard InChI is InChI=1S/C27H30N2O3S.C5H6O2/c1-4-31-27(30)20(3)14-19(2)15-23-18-33-26(29-23)25(28)16-21-10-12-24(13-11-21)32-17-22-8-6-5-7-9-22;6-3-5(7)4-1-2-4/h5-15,18,25H,4,16-17,28H2,1-3H3;3-4H,1-2H2/b19-15+,20-14-;. The predicted molar refractivity (Wildman–Crippen MR) is 158 cm³/mol. The fourth-order valence-corrected chi connectivity index (χ4v) is 4.50. The highest BCUT2D eigenvalue weighted by molar-refractivity contribution is 7.09. The van der Waals surface area contributed by atoms with E-state index < -0.39 is 0 Å². The molecule has 0 bridgehead atoms. The molecule has 4 rings (SSSR count). The average Bonchev–Trinajstić information content (AvgIpc) is 3.71. The van der Waals surface area contributed by atoms with Gasteiger partial charge in [-0.05, 0) is 81.0 Å². The van der Waals surface area contributed by atoms with Gasteiger partial charge in [-0.3, -0.25) is 9.59 Å². The normalized spacial score (nSPS) is 14.0. The van der Waals surface area contributed by atoms with E-state index in [1.807, 2.05) is 73.0 Å². The number of carbonyl (C=O) groups is 3. The quantitative estimate of drug-likeness (QED) is 0.0945. The maximum absolute atomic E-state index is 11.8. The van der Waals surface area contributed by atoms with Crippen LogP contribution in [0.2, 0.25) is 0 Å². The van der Waals surface area contributed by atoms with Gasteiger partial charge in [-0.2, -0.15) is 0 Å². The topological polar surface area (TPSA) is 109 Å². The van der Waals surface area contributed by atoms with Crippen molar-refractivity contribution in [2.45, 2.75) is 52.7 Å². The fraction of sp³-hybridized carbons (Fsp3) is 0.312. The number of nitrogens with zero attached hydrogens (tertiary/aromatic N) is 1. The van der Waals surface area contributed by atoms with Gasteiger partial charge in [0.25, 0.3) is 0 Å². The maximum Gasteiger partial charge on any atom is 0.333 e. The molecule has 7 nitrogen and oxygen atoms in total. The van der Waals surface area contributed by atoms with Gasteiger partial charge in [0.1, 0.15) is 17.4 Å². The Labute approximate surface area is 239 Å². The van der Waals surface area contributed by atoms with E-state index in [4.69, 9.17) is 15.2 Å². The van der Waals surface area contributed by atoms with Crippen LogP contribution >= 0.6 is 11.3 Å². The molecular formula is C32H36N2O5S. The van der Waals surface area contributed by atoms with E-state index in [-0.39, 0.29) is 23.7 Å². The molecule has 1 fully saturated rings. The summed E-state index contributed by atoms with van der Waals surface area (Å²) >= 11 is 1.54. The molecule has 1 aliphatic carbocycles. The van der Waals surface area contributed by atoms with E-state index in [0.717, 1.165) is 46.0 Å². The molecule has 0 saturated heterocycles. The first-order valence-electron chi connectivity index (χ1n) is 13.3. The van der Waals surface area contributed by atoms with Crippen LogP contribution in [0.3, 0.4) is 0 Å². The number of benzene rings is 2. The summed E-state index contributed by atoms with van der Waals surface area (Å²) in [5, 5.41) is 2.86. The van der Waals surface area contributed by atoms with Crippen molar-refractivity contribution in [2.24, 2.45) is 11.7 Å². The summed E-state index contributed by atoms with van der Waals surface area (Å²) < 4.78 is 10.9. The number of hydrogen-bond acceptors (Lipinski definition) is 8. The van der Waals surface area contributed by atoms with Gasteiger partial charge < -0.3 is 15.2 Å². The lowest BCUT2D eigenvalue weighted by Crippen LogP contribution is -2.13. The highest BCUT2D eigenvalue weighted by Gasteiger charge is 2.28. The van der Waals surface area contributed by atoms with E-state index in [0.29, 0.717) is 31.5 Å². The van der Waals surface area contributed by atoms with Crippen LogP contribution in [0.5, 0.6) is 5.75 Å². The number of thiazole rings is 1. The first-order valence-corrected chi connectivity index (χ1v) is 14.2. The van der Waals surface area contributed by atoms with Crippen molar-refractivity contribution in [3.05, 3.63) is 99.0 Å². The molecule has 8 heteroatoms. The number of nitrogens with two attached hydrogens (primary N) is 1. The minimum atomic E-state index is -0.303. The Balaban J connectivity index is 0.000000547. The molecule has 0 spiro atoms. The van der Waals surface area contributed by atoms with Gasteiger partial charge >= 0.3 is 5.97 Å². The van der Waals surface area contributed by atoms with Crippen molar-refractivity contribution in [2.75, 3.05) is 6.61 Å². The highest BCUT2D eigenvalue weighted by Crippen LogP contribution is 2.28. The number of esters is 1. The van der Waals surface area contributed by atoms with Gasteiger partial charge in [-0.1, -0.05) is 42.5 Å². The third-order valence-electron chi connectivity index (χ3n) is 6.00. The van der Waals surface area contributed by atoms with Crippen molar-refractivity contribution in [1.29, 1.82) is 0 Å². The van der Waals surface area contributed by atoms with E-state index in [9.17, 15) is 14.4 Å². The number of ketones is 1. The van der Waals surface area contributed by atoms with Crippen molar-refractivity contribution in [1.82, 2.24) is 4.98 Å². The van der Waals surface area contributed by atoms with Crippen molar-refractivity contribution in [3.63, 3.8) is 0 Å². The van der Waals surface area contributed by atoms with Crippen molar-refractivity contribution in [3.8, 4) is 5.75 Å². The lowest BCUT2D eigenvalue weighted by atomic mass is 10.1. The number of Topliss-reactive ketones (excluding diaryl/α,β-unsaturated/α-hetero) is 1. The van der Waals surface area contributed by atoms with Crippen molar-refractivity contribution < 1.29 is 23.9 Å². The Morgan fingerprint density at radius 2 is 1.77 bits per heavy atom. The van der Waals surface area contributed by atoms with E-state index in [2.05, 4.69) is 4.98 Å². The Bertz CT molecular complexity index is 1320. The molecule has 1 heterocycles. The van der Waals surface area contributed by atoms with Gasteiger partial charge in [-0.25, -0.2) is 9.78 Å². The molecule has 3 aromatic rings. The van der Waals surface area contributed by atoms with E-state index in [1.54, 1.807) is 31.3 Å². The molecule has 0 amide bonds. The molecule has 2 N–H and O–H groups in total. The van der Waals surface area contributed by atoms with Crippen LogP contribution in [0.15, 0.2) is 77.2 Å². The van der Waals surface area contributed by atoms with Crippen LogP contribution in [0.4, 0.5) is 0 Å². The monoisotopic (exact) mass is 560 g/mol. The molecular weight excluding hydrogens is 524 g/mol. The summed E-state index contributed by atoms with van der Waals surface area (Å²) in [5.74, 6) is 0.416. The lowest BCUT2D eigenvalue weighted by Gasteiger charge is -2.10. The third kappa shape index (κ3) is 10.4. The van der Waals surface area contributed by atoms with Gasteiger partial charge in [0.05, 0.1) is 18.3 Å². The third-order valence-corrected chi connectivity index (χ3v) is 6.99. The first kappa shape index (κ1) is 30.7. The number of hydrogen-bond donors (Lipinski definition) is 1. The first-order chi connectivity index (χ1) is 19.3.